The maximum Gasteiger partial charge on any atom is 0.416 e. The third-order valence-corrected chi connectivity index (χ3v) is 2.86. The van der Waals surface area contributed by atoms with Gasteiger partial charge < -0.3 is 14.8 Å². The van der Waals surface area contributed by atoms with Gasteiger partial charge in [-0.05, 0) is 36.4 Å². The van der Waals surface area contributed by atoms with Gasteiger partial charge in [-0.1, -0.05) is 0 Å². The Kier molecular flexibility index (Phi) is 4.26. The zero-order valence-electron chi connectivity index (χ0n) is 11.5. The van der Waals surface area contributed by atoms with Crippen LogP contribution in [0.2, 0.25) is 0 Å². The highest BCUT2D eigenvalue weighted by molar-refractivity contribution is 5.59. The summed E-state index contributed by atoms with van der Waals surface area (Å²) in [7, 11) is 3.28. The minimum Gasteiger partial charge on any atom is -0.495 e. The van der Waals surface area contributed by atoms with Gasteiger partial charge in [0.1, 0.15) is 17.2 Å². The predicted octanol–water partition coefficient (Wildman–Crippen LogP) is 4.55. The second-order valence-electron chi connectivity index (χ2n) is 4.24. The largest absolute Gasteiger partial charge is 0.495 e. The lowest BCUT2D eigenvalue weighted by molar-refractivity contribution is -0.137. The van der Waals surface area contributed by atoms with Crippen molar-refractivity contribution in [3.8, 4) is 17.2 Å². The molecule has 0 aliphatic rings. The number of alkyl halides is 3. The quantitative estimate of drug-likeness (QED) is 0.898. The van der Waals surface area contributed by atoms with Crippen molar-refractivity contribution in [1.29, 1.82) is 0 Å². The molecule has 0 saturated carbocycles. The molecule has 21 heavy (non-hydrogen) atoms. The monoisotopic (exact) mass is 297 g/mol. The molecule has 0 fully saturated rings. The van der Waals surface area contributed by atoms with Crippen LogP contribution in [-0.4, -0.2) is 14.2 Å². The van der Waals surface area contributed by atoms with Crippen molar-refractivity contribution in [3.63, 3.8) is 0 Å². The molecule has 2 aromatic rings. The number of methoxy groups -OCH3 is 1. The number of hydrogen-bond donors (Lipinski definition) is 1. The molecule has 0 spiro atoms. The van der Waals surface area contributed by atoms with E-state index in [0.717, 1.165) is 17.8 Å². The Morgan fingerprint density at radius 2 is 1.57 bits per heavy atom. The molecule has 0 bridgehead atoms. The van der Waals surface area contributed by atoms with Crippen LogP contribution in [0.5, 0.6) is 17.2 Å². The first-order valence-corrected chi connectivity index (χ1v) is 6.15. The smallest absolute Gasteiger partial charge is 0.416 e. The first kappa shape index (κ1) is 15.0. The van der Waals surface area contributed by atoms with Gasteiger partial charge >= 0.3 is 6.18 Å². The summed E-state index contributed by atoms with van der Waals surface area (Å²) < 4.78 is 48.1. The van der Waals surface area contributed by atoms with E-state index in [-0.39, 0.29) is 0 Å². The Morgan fingerprint density at radius 3 is 2.10 bits per heavy atom. The third-order valence-electron chi connectivity index (χ3n) is 2.86. The summed E-state index contributed by atoms with van der Waals surface area (Å²) >= 11 is 0. The van der Waals surface area contributed by atoms with Crippen molar-refractivity contribution in [2.45, 2.75) is 6.18 Å². The van der Waals surface area contributed by atoms with Crippen LogP contribution in [0, 0.1) is 0 Å². The number of hydrogen-bond acceptors (Lipinski definition) is 3. The summed E-state index contributed by atoms with van der Waals surface area (Å²) in [6.45, 7) is 0. The summed E-state index contributed by atoms with van der Waals surface area (Å²) in [5.74, 6) is 1.48. The van der Waals surface area contributed by atoms with Gasteiger partial charge in [-0.3, -0.25) is 0 Å². The molecule has 0 heterocycles. The summed E-state index contributed by atoms with van der Waals surface area (Å²) in [4.78, 5) is 0. The lowest BCUT2D eigenvalue weighted by atomic mass is 10.2. The first-order valence-electron chi connectivity index (χ1n) is 6.15. The van der Waals surface area contributed by atoms with Gasteiger partial charge in [0.25, 0.3) is 0 Å². The molecule has 0 atom stereocenters. The first-order chi connectivity index (χ1) is 9.94. The second-order valence-corrected chi connectivity index (χ2v) is 4.24. The lowest BCUT2D eigenvalue weighted by Gasteiger charge is -2.12. The van der Waals surface area contributed by atoms with E-state index in [0.29, 0.717) is 17.2 Å². The fourth-order valence-corrected chi connectivity index (χ4v) is 1.79. The van der Waals surface area contributed by atoms with E-state index in [1.807, 2.05) is 0 Å². The minimum absolute atomic E-state index is 0.329. The van der Waals surface area contributed by atoms with Crippen LogP contribution in [0.25, 0.3) is 0 Å². The van der Waals surface area contributed by atoms with Crippen LogP contribution in [0.15, 0.2) is 42.5 Å². The topological polar surface area (TPSA) is 30.5 Å². The van der Waals surface area contributed by atoms with Crippen molar-refractivity contribution in [2.75, 3.05) is 19.5 Å². The van der Waals surface area contributed by atoms with Crippen molar-refractivity contribution in [1.82, 2.24) is 0 Å². The number of rotatable bonds is 4. The molecule has 0 amide bonds. The highest BCUT2D eigenvalue weighted by Gasteiger charge is 2.30. The van der Waals surface area contributed by atoms with E-state index >= 15 is 0 Å². The van der Waals surface area contributed by atoms with E-state index in [2.05, 4.69) is 5.32 Å². The molecule has 112 valence electrons. The van der Waals surface area contributed by atoms with Gasteiger partial charge in [0, 0.05) is 13.1 Å². The van der Waals surface area contributed by atoms with Crippen LogP contribution in [0.3, 0.4) is 0 Å². The zero-order valence-corrected chi connectivity index (χ0v) is 11.5. The van der Waals surface area contributed by atoms with Crippen molar-refractivity contribution < 1.29 is 22.6 Å². The molecule has 0 aliphatic carbocycles. The maximum atomic E-state index is 12.5. The summed E-state index contributed by atoms with van der Waals surface area (Å²) in [6.07, 6.45) is -4.35. The van der Waals surface area contributed by atoms with Crippen LogP contribution in [-0.2, 0) is 6.18 Å². The Hall–Kier alpha value is -2.37. The normalized spacial score (nSPS) is 11.1. The minimum atomic E-state index is -4.35. The van der Waals surface area contributed by atoms with E-state index in [1.165, 1.54) is 12.1 Å². The van der Waals surface area contributed by atoms with Gasteiger partial charge in [-0.25, -0.2) is 0 Å². The average molecular weight is 297 g/mol. The van der Waals surface area contributed by atoms with Crippen LogP contribution >= 0.6 is 0 Å². The fraction of sp³-hybridized carbons (Fsp3) is 0.200. The number of benzene rings is 2. The van der Waals surface area contributed by atoms with E-state index in [4.69, 9.17) is 9.47 Å². The van der Waals surface area contributed by atoms with Crippen LogP contribution < -0.4 is 14.8 Å². The Morgan fingerprint density at radius 1 is 0.952 bits per heavy atom. The number of nitrogens with one attached hydrogen (secondary N) is 1. The van der Waals surface area contributed by atoms with Gasteiger partial charge in [0.15, 0.2) is 0 Å². The molecule has 0 saturated heterocycles. The third kappa shape index (κ3) is 3.59. The SMILES string of the molecule is CNc1cc(Oc2ccc(C(F)(F)F)cc2)ccc1OC. The number of anilines is 1. The molecular formula is C15H14F3NO2. The van der Waals surface area contributed by atoms with E-state index < -0.39 is 11.7 Å². The molecule has 0 unspecified atom stereocenters. The van der Waals surface area contributed by atoms with Crippen molar-refractivity contribution in [2.24, 2.45) is 0 Å². The molecule has 0 aliphatic heterocycles. The molecule has 2 rings (SSSR count). The van der Waals surface area contributed by atoms with E-state index in [9.17, 15) is 13.2 Å². The zero-order chi connectivity index (χ0) is 15.5. The molecule has 2 aromatic carbocycles. The maximum absolute atomic E-state index is 12.5. The van der Waals surface area contributed by atoms with Crippen molar-refractivity contribution >= 4 is 5.69 Å². The molecule has 0 aromatic heterocycles. The van der Waals surface area contributed by atoms with E-state index in [1.54, 1.807) is 32.4 Å². The number of halogens is 3. The van der Waals surface area contributed by atoms with Gasteiger partial charge in [0.05, 0.1) is 18.4 Å². The molecule has 1 N–H and O–H groups in total. The standard InChI is InChI=1S/C15H14F3NO2/c1-19-13-9-12(7-8-14(13)20-2)21-11-5-3-10(4-6-11)15(16,17)18/h3-9,19H,1-2H3. The van der Waals surface area contributed by atoms with Gasteiger partial charge in [-0.15, -0.1) is 0 Å². The Labute approximate surface area is 120 Å². The molecule has 3 nitrogen and oxygen atoms in total. The van der Waals surface area contributed by atoms with Crippen molar-refractivity contribution in [3.05, 3.63) is 48.0 Å². The summed E-state index contributed by atoms with van der Waals surface area (Å²) in [6, 6.07) is 9.63. The fourth-order valence-electron chi connectivity index (χ4n) is 1.79. The summed E-state index contributed by atoms with van der Waals surface area (Å²) in [5.41, 5.74) is 0.0161. The van der Waals surface area contributed by atoms with Gasteiger partial charge in [-0.2, -0.15) is 13.2 Å². The second kappa shape index (κ2) is 5.95. The highest BCUT2D eigenvalue weighted by Crippen LogP contribution is 2.33. The molecular weight excluding hydrogens is 283 g/mol. The summed E-state index contributed by atoms with van der Waals surface area (Å²) in [5, 5.41) is 2.95. The van der Waals surface area contributed by atoms with Crippen LogP contribution in [0.1, 0.15) is 5.56 Å². The lowest BCUT2D eigenvalue weighted by Crippen LogP contribution is -2.04. The highest BCUT2D eigenvalue weighted by atomic mass is 19.4. The average Bonchev–Trinajstić information content (AvgIpc) is 2.46. The Balaban J connectivity index is 2.18. The number of ether oxygens (including phenoxy) is 2. The molecule has 6 heteroatoms. The molecule has 0 radical (unpaired) electrons. The predicted molar refractivity (Wildman–Crippen MR) is 74.1 cm³/mol. The van der Waals surface area contributed by atoms with Gasteiger partial charge in [0.2, 0.25) is 0 Å². The Bertz CT molecular complexity index is 609. The van der Waals surface area contributed by atoms with Crippen LogP contribution in [0.4, 0.5) is 18.9 Å².